The molecular formula is C18H29IN6. The number of aromatic nitrogens is 3. The fourth-order valence-corrected chi connectivity index (χ4v) is 2.70. The molecule has 1 aromatic heterocycles. The number of hydrogen-bond acceptors (Lipinski definition) is 3. The van der Waals surface area contributed by atoms with Gasteiger partial charge in [-0.3, -0.25) is 4.99 Å². The minimum Gasteiger partial charge on any atom is -0.356 e. The summed E-state index contributed by atoms with van der Waals surface area (Å²) in [7, 11) is 1.79. The van der Waals surface area contributed by atoms with Crippen molar-refractivity contribution in [2.75, 3.05) is 20.1 Å². The molecule has 2 aromatic rings. The van der Waals surface area contributed by atoms with E-state index in [4.69, 9.17) is 0 Å². The van der Waals surface area contributed by atoms with Crippen molar-refractivity contribution in [3.63, 3.8) is 0 Å². The first-order valence-corrected chi connectivity index (χ1v) is 8.51. The largest absolute Gasteiger partial charge is 0.356 e. The Labute approximate surface area is 167 Å². The average molecular weight is 456 g/mol. The van der Waals surface area contributed by atoms with Crippen LogP contribution in [0.5, 0.6) is 0 Å². The Balaban J connectivity index is 0.00000312. The topological polar surface area (TPSA) is 67.1 Å². The molecule has 25 heavy (non-hydrogen) atoms. The zero-order valence-electron chi connectivity index (χ0n) is 15.5. The number of halogens is 1. The third kappa shape index (κ3) is 6.64. The molecule has 1 heterocycles. The summed E-state index contributed by atoms with van der Waals surface area (Å²) in [6, 6.07) is 6.60. The highest BCUT2D eigenvalue weighted by atomic mass is 127. The van der Waals surface area contributed by atoms with Crippen molar-refractivity contribution in [2.45, 2.75) is 40.2 Å². The Morgan fingerprint density at radius 2 is 1.96 bits per heavy atom. The van der Waals surface area contributed by atoms with Crippen LogP contribution in [0.2, 0.25) is 0 Å². The van der Waals surface area contributed by atoms with Crippen LogP contribution in [-0.2, 0) is 19.4 Å². The molecule has 2 rings (SSSR count). The van der Waals surface area contributed by atoms with Crippen LogP contribution >= 0.6 is 24.0 Å². The summed E-state index contributed by atoms with van der Waals surface area (Å²) in [5, 5.41) is 14.7. The highest BCUT2D eigenvalue weighted by Gasteiger charge is 2.03. The molecule has 0 spiro atoms. The van der Waals surface area contributed by atoms with Crippen LogP contribution in [0.15, 0.2) is 29.5 Å². The van der Waals surface area contributed by atoms with Gasteiger partial charge in [0.15, 0.2) is 5.96 Å². The van der Waals surface area contributed by atoms with E-state index in [9.17, 15) is 0 Å². The molecule has 0 amide bonds. The number of hydrogen-bond donors (Lipinski definition) is 2. The van der Waals surface area contributed by atoms with Crippen LogP contribution < -0.4 is 10.6 Å². The molecule has 0 saturated carbocycles. The molecule has 0 radical (unpaired) electrons. The average Bonchev–Trinajstić information content (AvgIpc) is 3.02. The first kappa shape index (κ1) is 21.4. The van der Waals surface area contributed by atoms with Gasteiger partial charge in [0, 0.05) is 33.1 Å². The second-order valence-corrected chi connectivity index (χ2v) is 5.90. The van der Waals surface area contributed by atoms with Gasteiger partial charge < -0.3 is 15.2 Å². The molecule has 7 heteroatoms. The highest BCUT2D eigenvalue weighted by Crippen LogP contribution is 2.10. The standard InChI is InChI=1S/C18H28N6.HI/c1-5-17-23-22-13-24(17)11-10-21-18(19-4)20-9-8-16-7-6-14(2)12-15(16)3;/h6-7,12-13H,5,8-11H2,1-4H3,(H2,19,20,21);1H. The molecular weight excluding hydrogens is 427 g/mol. The Morgan fingerprint density at radius 1 is 1.20 bits per heavy atom. The lowest BCUT2D eigenvalue weighted by molar-refractivity contribution is 0.632. The molecule has 0 aliphatic carbocycles. The van der Waals surface area contributed by atoms with Crippen LogP contribution in [0.25, 0.3) is 0 Å². The normalized spacial score (nSPS) is 11.1. The van der Waals surface area contributed by atoms with Gasteiger partial charge in [-0.15, -0.1) is 34.2 Å². The van der Waals surface area contributed by atoms with Gasteiger partial charge in [0.1, 0.15) is 12.2 Å². The Hall–Kier alpha value is -1.64. The predicted molar refractivity (Wildman–Crippen MR) is 114 cm³/mol. The van der Waals surface area contributed by atoms with Gasteiger partial charge in [0.25, 0.3) is 0 Å². The van der Waals surface area contributed by atoms with Crippen molar-refractivity contribution in [1.29, 1.82) is 0 Å². The summed E-state index contributed by atoms with van der Waals surface area (Å²) >= 11 is 0. The van der Waals surface area contributed by atoms with Gasteiger partial charge in [0.2, 0.25) is 0 Å². The van der Waals surface area contributed by atoms with Crippen molar-refractivity contribution in [2.24, 2.45) is 4.99 Å². The SMILES string of the molecule is CCc1nncn1CCNC(=NC)NCCc1ccc(C)cc1C.I. The lowest BCUT2D eigenvalue weighted by Crippen LogP contribution is -2.39. The van der Waals surface area contributed by atoms with E-state index in [2.05, 4.69) is 69.4 Å². The van der Waals surface area contributed by atoms with E-state index in [0.29, 0.717) is 0 Å². The fraction of sp³-hybridized carbons (Fsp3) is 0.500. The summed E-state index contributed by atoms with van der Waals surface area (Å²) < 4.78 is 2.07. The summed E-state index contributed by atoms with van der Waals surface area (Å²) in [5.41, 5.74) is 4.03. The molecule has 2 N–H and O–H groups in total. The van der Waals surface area contributed by atoms with Crippen molar-refractivity contribution >= 4 is 29.9 Å². The minimum absolute atomic E-state index is 0. The maximum Gasteiger partial charge on any atom is 0.191 e. The number of aliphatic imine (C=N–C) groups is 1. The fourth-order valence-electron chi connectivity index (χ4n) is 2.70. The van der Waals surface area contributed by atoms with Gasteiger partial charge in [-0.2, -0.15) is 0 Å². The number of aryl methyl sites for hydroxylation is 3. The monoisotopic (exact) mass is 456 g/mol. The van der Waals surface area contributed by atoms with Crippen LogP contribution in [0.1, 0.15) is 29.4 Å². The van der Waals surface area contributed by atoms with E-state index in [0.717, 1.165) is 44.3 Å². The second kappa shape index (κ2) is 11.1. The third-order valence-electron chi connectivity index (χ3n) is 4.07. The van der Waals surface area contributed by atoms with Crippen LogP contribution in [0, 0.1) is 13.8 Å². The molecule has 1 aromatic carbocycles. The first-order valence-electron chi connectivity index (χ1n) is 8.51. The maximum absolute atomic E-state index is 4.27. The van der Waals surface area contributed by atoms with E-state index in [1.54, 1.807) is 13.4 Å². The van der Waals surface area contributed by atoms with Crippen LogP contribution in [0.3, 0.4) is 0 Å². The lowest BCUT2D eigenvalue weighted by Gasteiger charge is -2.13. The van der Waals surface area contributed by atoms with Gasteiger partial charge in [0.05, 0.1) is 0 Å². The molecule has 0 aliphatic rings. The Kier molecular flexibility index (Phi) is 9.48. The first-order chi connectivity index (χ1) is 11.6. The number of nitrogens with one attached hydrogen (secondary N) is 2. The summed E-state index contributed by atoms with van der Waals surface area (Å²) in [4.78, 5) is 4.27. The van der Waals surface area contributed by atoms with E-state index in [-0.39, 0.29) is 24.0 Å². The van der Waals surface area contributed by atoms with Crippen LogP contribution in [0.4, 0.5) is 0 Å². The number of guanidine groups is 1. The van der Waals surface area contributed by atoms with Gasteiger partial charge in [-0.1, -0.05) is 30.7 Å². The van der Waals surface area contributed by atoms with Gasteiger partial charge >= 0.3 is 0 Å². The van der Waals surface area contributed by atoms with Crippen molar-refractivity contribution in [3.8, 4) is 0 Å². The number of benzene rings is 1. The number of nitrogens with zero attached hydrogens (tertiary/aromatic N) is 4. The van der Waals surface area contributed by atoms with E-state index >= 15 is 0 Å². The highest BCUT2D eigenvalue weighted by molar-refractivity contribution is 14.0. The molecule has 0 fully saturated rings. The summed E-state index contributed by atoms with van der Waals surface area (Å²) in [6.45, 7) is 8.85. The van der Waals surface area contributed by atoms with Crippen LogP contribution in [-0.4, -0.2) is 40.9 Å². The second-order valence-electron chi connectivity index (χ2n) is 5.90. The van der Waals surface area contributed by atoms with Crippen molar-refractivity contribution < 1.29 is 0 Å². The van der Waals surface area contributed by atoms with Crippen molar-refractivity contribution in [1.82, 2.24) is 25.4 Å². The minimum atomic E-state index is 0. The molecule has 0 unspecified atom stereocenters. The van der Waals surface area contributed by atoms with Gasteiger partial charge in [-0.05, 0) is 31.4 Å². The summed E-state index contributed by atoms with van der Waals surface area (Å²) in [6.07, 6.45) is 3.65. The van der Waals surface area contributed by atoms with Crippen molar-refractivity contribution in [3.05, 3.63) is 47.0 Å². The molecule has 0 atom stereocenters. The van der Waals surface area contributed by atoms with E-state index in [1.807, 2.05) is 0 Å². The Bertz CT molecular complexity index is 680. The zero-order valence-corrected chi connectivity index (χ0v) is 17.9. The predicted octanol–water partition coefficient (Wildman–Crippen LogP) is 2.48. The molecule has 138 valence electrons. The smallest absolute Gasteiger partial charge is 0.191 e. The molecule has 0 saturated heterocycles. The zero-order chi connectivity index (χ0) is 17.4. The number of rotatable bonds is 7. The molecule has 6 nitrogen and oxygen atoms in total. The maximum atomic E-state index is 4.27. The quantitative estimate of drug-likeness (QED) is 0.382. The molecule has 0 bridgehead atoms. The summed E-state index contributed by atoms with van der Waals surface area (Å²) in [5.74, 6) is 1.83. The third-order valence-corrected chi connectivity index (χ3v) is 4.07. The molecule has 0 aliphatic heterocycles. The Morgan fingerprint density at radius 3 is 2.64 bits per heavy atom. The van der Waals surface area contributed by atoms with E-state index < -0.39 is 0 Å². The van der Waals surface area contributed by atoms with E-state index in [1.165, 1.54) is 16.7 Å². The van der Waals surface area contributed by atoms with Gasteiger partial charge in [-0.25, -0.2) is 0 Å². The lowest BCUT2D eigenvalue weighted by atomic mass is 10.0.